The van der Waals surface area contributed by atoms with Crippen LogP contribution < -0.4 is 0 Å². The van der Waals surface area contributed by atoms with Gasteiger partial charge in [0.05, 0.1) is 5.92 Å². The Morgan fingerprint density at radius 1 is 1.29 bits per heavy atom. The van der Waals surface area contributed by atoms with Crippen LogP contribution in [0.2, 0.25) is 0 Å². The Bertz CT molecular complexity index is 237. The fourth-order valence-electron chi connectivity index (χ4n) is 0.645. The van der Waals surface area contributed by atoms with E-state index in [1.54, 1.807) is 0 Å². The average molecular weight is 239 g/mol. The summed E-state index contributed by atoms with van der Waals surface area (Å²) in [6, 6.07) is 0. The quantitative estimate of drug-likeness (QED) is 0.427. The Morgan fingerprint density at radius 3 is 1.93 bits per heavy atom. The van der Waals surface area contributed by atoms with Gasteiger partial charge in [-0.05, 0) is 11.6 Å². The zero-order chi connectivity index (χ0) is 11.6. The van der Waals surface area contributed by atoms with Gasteiger partial charge in [-0.15, -0.1) is 0 Å². The zero-order valence-corrected chi connectivity index (χ0v) is 7.20. The average Bonchev–Trinajstić information content (AvgIpc) is 1.97. The van der Waals surface area contributed by atoms with E-state index in [0.29, 0.717) is 0 Å². The van der Waals surface area contributed by atoms with Gasteiger partial charge >= 0.3 is 12.1 Å². The molecule has 14 heavy (non-hydrogen) atoms. The molecule has 8 heteroatoms. The van der Waals surface area contributed by atoms with Crippen molar-refractivity contribution < 1.29 is 31.5 Å². The molecular formula is C6H4ClF5O2. The van der Waals surface area contributed by atoms with Crippen molar-refractivity contribution in [1.82, 2.24) is 0 Å². The molecule has 0 N–H and O–H groups in total. The monoisotopic (exact) mass is 238 g/mol. The van der Waals surface area contributed by atoms with Gasteiger partial charge in [0.15, 0.2) is 0 Å². The van der Waals surface area contributed by atoms with Gasteiger partial charge in [0.2, 0.25) is 5.24 Å². The van der Waals surface area contributed by atoms with E-state index < -0.39 is 36.0 Å². The summed E-state index contributed by atoms with van der Waals surface area (Å²) in [6.07, 6.45) is -7.85. The molecule has 0 heterocycles. The maximum absolute atomic E-state index is 12.4. The van der Waals surface area contributed by atoms with Gasteiger partial charge in [0.1, 0.15) is 6.29 Å². The molecule has 0 fully saturated rings. The maximum atomic E-state index is 12.4. The minimum absolute atomic E-state index is 0.631. The van der Waals surface area contributed by atoms with Crippen LogP contribution in [0, 0.1) is 5.92 Å². The number of carbonyl (C=O) groups excluding carboxylic acids is 2. The van der Waals surface area contributed by atoms with E-state index in [1.165, 1.54) is 0 Å². The van der Waals surface area contributed by atoms with Crippen molar-refractivity contribution in [3.63, 3.8) is 0 Å². The smallest absolute Gasteiger partial charge is 0.303 e. The van der Waals surface area contributed by atoms with Gasteiger partial charge in [0, 0.05) is 6.42 Å². The highest BCUT2D eigenvalue weighted by molar-refractivity contribution is 6.63. The third-order valence-electron chi connectivity index (χ3n) is 1.39. The molecule has 0 amide bonds. The van der Waals surface area contributed by atoms with Crippen molar-refractivity contribution in [2.24, 2.45) is 5.92 Å². The highest BCUT2D eigenvalue weighted by atomic mass is 35.5. The highest BCUT2D eigenvalue weighted by Crippen LogP contribution is 2.41. The van der Waals surface area contributed by atoms with Gasteiger partial charge < -0.3 is 4.79 Å². The molecule has 82 valence electrons. The predicted molar refractivity (Wildman–Crippen MR) is 36.0 cm³/mol. The molecule has 0 aliphatic rings. The minimum Gasteiger partial charge on any atom is -0.303 e. The molecule has 0 aromatic carbocycles. The summed E-state index contributed by atoms with van der Waals surface area (Å²) in [5, 5.41) is -1.42. The first-order valence-electron chi connectivity index (χ1n) is 3.21. The van der Waals surface area contributed by atoms with E-state index in [2.05, 4.69) is 11.6 Å². The minimum atomic E-state index is -5.87. The molecule has 1 atom stereocenters. The Morgan fingerprint density at radius 2 is 1.71 bits per heavy atom. The molecule has 0 aromatic heterocycles. The lowest BCUT2D eigenvalue weighted by Crippen LogP contribution is -2.44. The van der Waals surface area contributed by atoms with E-state index in [9.17, 15) is 31.5 Å². The van der Waals surface area contributed by atoms with Crippen LogP contribution in [0.5, 0.6) is 0 Å². The van der Waals surface area contributed by atoms with Crippen LogP contribution in [-0.2, 0) is 9.59 Å². The number of carbonyl (C=O) groups is 2. The van der Waals surface area contributed by atoms with E-state index in [1.807, 2.05) is 0 Å². The molecule has 0 aliphatic heterocycles. The number of hydrogen-bond donors (Lipinski definition) is 0. The van der Waals surface area contributed by atoms with E-state index in [0.717, 1.165) is 0 Å². The lowest BCUT2D eigenvalue weighted by molar-refractivity contribution is -0.296. The van der Waals surface area contributed by atoms with Crippen molar-refractivity contribution in [3.8, 4) is 0 Å². The van der Waals surface area contributed by atoms with Crippen molar-refractivity contribution in [3.05, 3.63) is 0 Å². The maximum Gasteiger partial charge on any atom is 0.454 e. The summed E-state index contributed by atoms with van der Waals surface area (Å²) in [5.74, 6) is -8.01. The van der Waals surface area contributed by atoms with Crippen molar-refractivity contribution in [2.45, 2.75) is 18.5 Å². The molecule has 0 bridgehead atoms. The van der Waals surface area contributed by atoms with Crippen LogP contribution in [0.25, 0.3) is 0 Å². The fraction of sp³-hybridized carbons (Fsp3) is 0.667. The summed E-state index contributed by atoms with van der Waals surface area (Å²) in [7, 11) is 0. The van der Waals surface area contributed by atoms with Crippen LogP contribution in [0.15, 0.2) is 0 Å². The molecule has 0 aromatic rings. The lowest BCUT2D eigenvalue weighted by atomic mass is 9.99. The lowest BCUT2D eigenvalue weighted by Gasteiger charge is -2.23. The number of rotatable bonds is 4. The van der Waals surface area contributed by atoms with Crippen molar-refractivity contribution in [1.29, 1.82) is 0 Å². The molecule has 0 saturated carbocycles. The van der Waals surface area contributed by atoms with Crippen LogP contribution in [-0.4, -0.2) is 23.6 Å². The van der Waals surface area contributed by atoms with Crippen molar-refractivity contribution in [2.75, 3.05) is 0 Å². The van der Waals surface area contributed by atoms with Gasteiger partial charge in [-0.2, -0.15) is 22.0 Å². The Labute approximate surface area is 80.0 Å². The summed E-state index contributed by atoms with van der Waals surface area (Å²) < 4.78 is 59.8. The molecule has 2 nitrogen and oxygen atoms in total. The van der Waals surface area contributed by atoms with E-state index >= 15 is 0 Å². The second-order valence-corrected chi connectivity index (χ2v) is 2.84. The Hall–Kier alpha value is -0.720. The zero-order valence-electron chi connectivity index (χ0n) is 6.45. The largest absolute Gasteiger partial charge is 0.454 e. The Kier molecular flexibility index (Phi) is 3.99. The standard InChI is InChI=1S/C6H4ClF5O2/c7-4(14)1-3(2-13)5(8,9)6(10,11)12/h2-3H,1H2. The normalized spacial score (nSPS) is 15.0. The van der Waals surface area contributed by atoms with E-state index in [-0.39, 0.29) is 0 Å². The molecule has 1 unspecified atom stereocenters. The topological polar surface area (TPSA) is 34.1 Å². The van der Waals surface area contributed by atoms with Crippen LogP contribution in [0.1, 0.15) is 6.42 Å². The molecule has 0 aliphatic carbocycles. The van der Waals surface area contributed by atoms with Crippen LogP contribution >= 0.6 is 11.6 Å². The number of alkyl halides is 5. The van der Waals surface area contributed by atoms with E-state index in [4.69, 9.17) is 0 Å². The van der Waals surface area contributed by atoms with Gasteiger partial charge in [-0.1, -0.05) is 0 Å². The van der Waals surface area contributed by atoms with Crippen molar-refractivity contribution >= 4 is 23.1 Å². The third kappa shape index (κ3) is 2.90. The first-order chi connectivity index (χ1) is 6.13. The van der Waals surface area contributed by atoms with Gasteiger partial charge in [-0.3, -0.25) is 4.79 Å². The summed E-state index contributed by atoms with van der Waals surface area (Å²) in [4.78, 5) is 20.0. The number of halogens is 6. The predicted octanol–water partition coefficient (Wildman–Crippen LogP) is 2.15. The number of hydrogen-bond acceptors (Lipinski definition) is 2. The summed E-state index contributed by atoms with van der Waals surface area (Å²) in [5.41, 5.74) is 0. The third-order valence-corrected chi connectivity index (χ3v) is 1.54. The molecule has 0 saturated heterocycles. The second-order valence-electron chi connectivity index (χ2n) is 2.42. The molecule has 0 spiro atoms. The first-order valence-corrected chi connectivity index (χ1v) is 3.59. The Balaban J connectivity index is 4.83. The highest BCUT2D eigenvalue weighted by Gasteiger charge is 2.62. The molecule has 0 rings (SSSR count). The van der Waals surface area contributed by atoms with Gasteiger partial charge in [-0.25, -0.2) is 0 Å². The second kappa shape index (κ2) is 4.20. The first kappa shape index (κ1) is 13.3. The van der Waals surface area contributed by atoms with Crippen LogP contribution in [0.4, 0.5) is 22.0 Å². The SMILES string of the molecule is O=CC(CC(=O)Cl)C(F)(F)C(F)(F)F. The summed E-state index contributed by atoms with van der Waals surface area (Å²) >= 11 is 4.61. The summed E-state index contributed by atoms with van der Waals surface area (Å²) in [6.45, 7) is 0. The number of aldehydes is 1. The fourth-order valence-corrected chi connectivity index (χ4v) is 0.811. The molecule has 0 radical (unpaired) electrons. The molecular weight excluding hydrogens is 235 g/mol. The van der Waals surface area contributed by atoms with Crippen LogP contribution in [0.3, 0.4) is 0 Å². The van der Waals surface area contributed by atoms with Gasteiger partial charge in [0.25, 0.3) is 0 Å².